The first kappa shape index (κ1) is 16.5. The zero-order valence-corrected chi connectivity index (χ0v) is 15.3. The van der Waals surface area contributed by atoms with Gasteiger partial charge >= 0.3 is 0 Å². The van der Waals surface area contributed by atoms with Crippen molar-refractivity contribution in [3.63, 3.8) is 0 Å². The second kappa shape index (κ2) is 6.74. The first-order valence-corrected chi connectivity index (χ1v) is 9.88. The van der Waals surface area contributed by atoms with Crippen LogP contribution in [0.15, 0.2) is 10.9 Å². The van der Waals surface area contributed by atoms with Gasteiger partial charge in [-0.2, -0.15) is 4.52 Å². The molecule has 1 aliphatic carbocycles. The Labute approximate surface area is 150 Å². The third-order valence-corrected chi connectivity index (χ3v) is 6.16. The molecule has 2 aromatic rings. The maximum atomic E-state index is 12.5. The van der Waals surface area contributed by atoms with Crippen molar-refractivity contribution in [2.45, 2.75) is 39.0 Å². The summed E-state index contributed by atoms with van der Waals surface area (Å²) in [5.74, 6) is 0.833. The predicted octanol–water partition coefficient (Wildman–Crippen LogP) is 1.55. The van der Waals surface area contributed by atoms with E-state index < -0.39 is 0 Å². The molecular weight excluding hydrogens is 338 g/mol. The molecule has 2 fully saturated rings. The van der Waals surface area contributed by atoms with E-state index in [2.05, 4.69) is 10.1 Å². The molecule has 8 heteroatoms. The highest BCUT2D eigenvalue weighted by atomic mass is 32.1. The molecule has 7 nitrogen and oxygen atoms in total. The van der Waals surface area contributed by atoms with Gasteiger partial charge in [-0.15, -0.1) is 5.10 Å². The summed E-state index contributed by atoms with van der Waals surface area (Å²) >= 11 is 1.38. The van der Waals surface area contributed by atoms with E-state index in [0.29, 0.717) is 22.6 Å². The van der Waals surface area contributed by atoms with E-state index in [4.69, 9.17) is 0 Å². The first-order chi connectivity index (χ1) is 12.1. The molecule has 4 rings (SSSR count). The lowest BCUT2D eigenvalue weighted by Gasteiger charge is -2.35. The van der Waals surface area contributed by atoms with Gasteiger partial charge in [0, 0.05) is 31.4 Å². The van der Waals surface area contributed by atoms with Crippen LogP contribution in [0.4, 0.5) is 5.13 Å². The molecule has 0 unspecified atom stereocenters. The van der Waals surface area contributed by atoms with Crippen molar-refractivity contribution < 1.29 is 4.79 Å². The number of nitrogens with zero attached hydrogens (tertiary/aromatic N) is 5. The monoisotopic (exact) mass is 361 g/mol. The molecule has 0 radical (unpaired) electrons. The van der Waals surface area contributed by atoms with Gasteiger partial charge in [0.2, 0.25) is 16.0 Å². The van der Waals surface area contributed by atoms with Crippen molar-refractivity contribution >= 4 is 27.3 Å². The maximum absolute atomic E-state index is 12.5. The summed E-state index contributed by atoms with van der Waals surface area (Å²) in [4.78, 5) is 33.7. The van der Waals surface area contributed by atoms with E-state index in [0.717, 1.165) is 31.7 Å². The number of carbonyl (C=O) groups excluding carboxylic acids is 1. The summed E-state index contributed by atoms with van der Waals surface area (Å²) in [6, 6.07) is 1.53. The summed E-state index contributed by atoms with van der Waals surface area (Å²) in [6.07, 6.45) is 5.81. The van der Waals surface area contributed by atoms with E-state index >= 15 is 0 Å². The molecule has 2 aliphatic rings. The number of aromatic nitrogens is 3. The number of aryl methyl sites for hydroxylation is 1. The van der Waals surface area contributed by atoms with Gasteiger partial charge in [0.05, 0.1) is 6.54 Å². The van der Waals surface area contributed by atoms with Gasteiger partial charge in [-0.3, -0.25) is 9.59 Å². The SMILES string of the molecule is CCc1cc(=O)n2nc(N3CCN(CC4CCCC4)C(=O)C3)sc2n1. The Kier molecular flexibility index (Phi) is 4.45. The summed E-state index contributed by atoms with van der Waals surface area (Å²) in [5, 5.41) is 5.09. The average molecular weight is 361 g/mol. The van der Waals surface area contributed by atoms with Crippen LogP contribution in [-0.4, -0.2) is 51.6 Å². The van der Waals surface area contributed by atoms with Gasteiger partial charge in [-0.25, -0.2) is 4.98 Å². The van der Waals surface area contributed by atoms with Crippen LogP contribution in [0, 0.1) is 5.92 Å². The molecule has 1 saturated carbocycles. The minimum Gasteiger partial charge on any atom is -0.339 e. The van der Waals surface area contributed by atoms with Gasteiger partial charge in [0.15, 0.2) is 0 Å². The number of amides is 1. The van der Waals surface area contributed by atoms with Crippen LogP contribution in [-0.2, 0) is 11.2 Å². The fourth-order valence-corrected chi connectivity index (χ4v) is 4.68. The number of fused-ring (bicyclic) bond motifs is 1. The Morgan fingerprint density at radius 1 is 1.24 bits per heavy atom. The zero-order chi connectivity index (χ0) is 17.4. The van der Waals surface area contributed by atoms with E-state index in [9.17, 15) is 9.59 Å². The molecule has 0 N–H and O–H groups in total. The van der Waals surface area contributed by atoms with Gasteiger partial charge in [0.25, 0.3) is 5.56 Å². The van der Waals surface area contributed by atoms with Crippen LogP contribution in [0.5, 0.6) is 0 Å². The van der Waals surface area contributed by atoms with Crippen molar-refractivity contribution in [1.82, 2.24) is 19.5 Å². The molecule has 1 amide bonds. The third-order valence-electron chi connectivity index (χ3n) is 5.19. The quantitative estimate of drug-likeness (QED) is 0.826. The number of rotatable bonds is 4. The first-order valence-electron chi connectivity index (χ1n) is 9.06. The van der Waals surface area contributed by atoms with E-state index in [1.807, 2.05) is 16.7 Å². The van der Waals surface area contributed by atoms with Crippen LogP contribution in [0.2, 0.25) is 0 Å². The third kappa shape index (κ3) is 3.27. The smallest absolute Gasteiger partial charge is 0.275 e. The van der Waals surface area contributed by atoms with Crippen LogP contribution in [0.3, 0.4) is 0 Å². The molecule has 1 aliphatic heterocycles. The highest BCUT2D eigenvalue weighted by Crippen LogP contribution is 2.27. The Morgan fingerprint density at radius 2 is 2.04 bits per heavy atom. The van der Waals surface area contributed by atoms with Gasteiger partial charge in [-0.1, -0.05) is 31.1 Å². The van der Waals surface area contributed by atoms with Gasteiger partial charge in [-0.05, 0) is 25.2 Å². The van der Waals surface area contributed by atoms with Crippen molar-refractivity contribution in [3.8, 4) is 0 Å². The molecule has 3 heterocycles. The average Bonchev–Trinajstić information content (AvgIpc) is 3.26. The Bertz CT molecular complexity index is 839. The molecule has 0 bridgehead atoms. The summed E-state index contributed by atoms with van der Waals surface area (Å²) < 4.78 is 1.34. The molecule has 2 aromatic heterocycles. The molecular formula is C17H23N5O2S. The highest BCUT2D eigenvalue weighted by Gasteiger charge is 2.29. The number of anilines is 1. The molecule has 0 atom stereocenters. The van der Waals surface area contributed by atoms with Crippen LogP contribution >= 0.6 is 11.3 Å². The Hall–Kier alpha value is -1.96. The lowest BCUT2D eigenvalue weighted by molar-refractivity contribution is -0.131. The fraction of sp³-hybridized carbons (Fsp3) is 0.647. The lowest BCUT2D eigenvalue weighted by atomic mass is 10.1. The van der Waals surface area contributed by atoms with E-state index in [1.165, 1.54) is 47.6 Å². The van der Waals surface area contributed by atoms with Crippen LogP contribution in [0.25, 0.3) is 4.96 Å². The largest absolute Gasteiger partial charge is 0.339 e. The molecule has 1 saturated heterocycles. The summed E-state index contributed by atoms with van der Waals surface area (Å²) in [7, 11) is 0. The van der Waals surface area contributed by atoms with E-state index in [1.54, 1.807) is 0 Å². The lowest BCUT2D eigenvalue weighted by Crippen LogP contribution is -2.51. The molecule has 0 aromatic carbocycles. The molecule has 25 heavy (non-hydrogen) atoms. The Morgan fingerprint density at radius 3 is 2.76 bits per heavy atom. The number of hydrogen-bond donors (Lipinski definition) is 0. The second-order valence-electron chi connectivity index (χ2n) is 6.93. The summed E-state index contributed by atoms with van der Waals surface area (Å²) in [6.45, 7) is 4.69. The minimum absolute atomic E-state index is 0.157. The van der Waals surface area contributed by atoms with Crippen molar-refractivity contribution in [2.24, 2.45) is 5.92 Å². The van der Waals surface area contributed by atoms with Crippen molar-refractivity contribution in [3.05, 3.63) is 22.1 Å². The predicted molar refractivity (Wildman–Crippen MR) is 97.3 cm³/mol. The standard InChI is InChI=1S/C17H23N5O2S/c1-2-13-9-14(23)22-16(18-13)25-17(19-22)21-8-7-20(15(24)11-21)10-12-5-3-4-6-12/h9,12H,2-8,10-11H2,1H3. The molecule has 134 valence electrons. The number of hydrogen-bond acceptors (Lipinski definition) is 6. The van der Waals surface area contributed by atoms with E-state index in [-0.39, 0.29) is 11.5 Å². The zero-order valence-electron chi connectivity index (χ0n) is 14.5. The van der Waals surface area contributed by atoms with Crippen molar-refractivity contribution in [2.75, 3.05) is 31.1 Å². The maximum Gasteiger partial charge on any atom is 0.275 e. The van der Waals surface area contributed by atoms with Crippen LogP contribution in [0.1, 0.15) is 38.3 Å². The number of piperazine rings is 1. The van der Waals surface area contributed by atoms with Crippen molar-refractivity contribution in [1.29, 1.82) is 0 Å². The minimum atomic E-state index is -0.157. The fourth-order valence-electron chi connectivity index (χ4n) is 3.72. The number of carbonyl (C=O) groups is 1. The Balaban J connectivity index is 1.49. The van der Waals surface area contributed by atoms with Gasteiger partial charge < -0.3 is 9.80 Å². The van der Waals surface area contributed by atoms with Gasteiger partial charge in [0.1, 0.15) is 0 Å². The molecule has 0 spiro atoms. The topological polar surface area (TPSA) is 70.8 Å². The summed E-state index contributed by atoms with van der Waals surface area (Å²) in [5.41, 5.74) is 0.619. The van der Waals surface area contributed by atoms with Crippen LogP contribution < -0.4 is 10.5 Å². The highest BCUT2D eigenvalue weighted by molar-refractivity contribution is 7.20. The normalized spacial score (nSPS) is 19.3. The second-order valence-corrected chi connectivity index (χ2v) is 7.86.